The van der Waals surface area contributed by atoms with Crippen molar-refractivity contribution in [2.75, 3.05) is 11.9 Å². The van der Waals surface area contributed by atoms with Gasteiger partial charge in [0.1, 0.15) is 5.82 Å². The zero-order valence-electron chi connectivity index (χ0n) is 8.36. The number of aliphatic hydroxyl groups excluding tert-OH is 1. The first-order chi connectivity index (χ1) is 7.26. The number of nitrogens with zero attached hydrogens (tertiary/aromatic N) is 1. The van der Waals surface area contributed by atoms with E-state index in [1.807, 2.05) is 13.0 Å². The lowest BCUT2D eigenvalue weighted by Crippen LogP contribution is -2.28. The van der Waals surface area contributed by atoms with Gasteiger partial charge in [0.25, 0.3) is 0 Å². The first-order valence-electron chi connectivity index (χ1n) is 4.82. The second-order valence-corrected chi connectivity index (χ2v) is 3.29. The number of amides is 1. The van der Waals surface area contributed by atoms with E-state index < -0.39 is 12.2 Å². The number of hydrogen-bond donors (Lipinski definition) is 2. The van der Waals surface area contributed by atoms with Gasteiger partial charge in [-0.25, -0.2) is 9.78 Å². The number of aliphatic hydroxyl groups is 1. The lowest BCUT2D eigenvalue weighted by Gasteiger charge is -2.25. The lowest BCUT2D eigenvalue weighted by molar-refractivity contribution is 0.0616. The van der Waals surface area contributed by atoms with E-state index in [2.05, 4.69) is 10.3 Å². The third-order valence-electron chi connectivity index (χ3n) is 2.42. The molecule has 0 saturated heterocycles. The van der Waals surface area contributed by atoms with E-state index >= 15 is 0 Å². The molecule has 0 aliphatic carbocycles. The molecule has 5 nitrogen and oxygen atoms in total. The molecule has 0 fully saturated rings. The molecule has 2 heterocycles. The van der Waals surface area contributed by atoms with Crippen molar-refractivity contribution in [1.82, 2.24) is 4.98 Å². The molecule has 1 amide bonds. The molecule has 0 radical (unpaired) electrons. The van der Waals surface area contributed by atoms with Crippen molar-refractivity contribution in [3.8, 4) is 0 Å². The number of carbonyl (C=O) groups is 1. The highest BCUT2D eigenvalue weighted by molar-refractivity contribution is 5.87. The van der Waals surface area contributed by atoms with Gasteiger partial charge in [-0.05, 0) is 18.1 Å². The summed E-state index contributed by atoms with van der Waals surface area (Å²) in [4.78, 5) is 15.2. The fourth-order valence-electron chi connectivity index (χ4n) is 1.72. The SMILES string of the molecule is CCc1ccnc2c1C(CO)OC(=O)N2. The maximum absolute atomic E-state index is 11.1. The zero-order valence-corrected chi connectivity index (χ0v) is 8.36. The van der Waals surface area contributed by atoms with Crippen LogP contribution in [0, 0.1) is 0 Å². The van der Waals surface area contributed by atoms with Gasteiger partial charge in [0.2, 0.25) is 0 Å². The minimum Gasteiger partial charge on any atom is -0.438 e. The van der Waals surface area contributed by atoms with Gasteiger partial charge in [-0.2, -0.15) is 0 Å². The van der Waals surface area contributed by atoms with Crippen molar-refractivity contribution >= 4 is 11.9 Å². The van der Waals surface area contributed by atoms with Crippen molar-refractivity contribution in [1.29, 1.82) is 0 Å². The maximum Gasteiger partial charge on any atom is 0.413 e. The third kappa shape index (κ3) is 1.66. The molecule has 1 aliphatic rings. The van der Waals surface area contributed by atoms with Gasteiger partial charge in [-0.3, -0.25) is 5.32 Å². The predicted molar refractivity (Wildman–Crippen MR) is 53.5 cm³/mol. The van der Waals surface area contributed by atoms with E-state index in [1.165, 1.54) is 0 Å². The number of anilines is 1. The fourth-order valence-corrected chi connectivity index (χ4v) is 1.72. The normalized spacial score (nSPS) is 19.1. The van der Waals surface area contributed by atoms with Crippen LogP contribution in [0.5, 0.6) is 0 Å². The number of hydrogen-bond acceptors (Lipinski definition) is 4. The number of ether oxygens (including phenoxy) is 1. The number of nitrogens with one attached hydrogen (secondary N) is 1. The molecule has 1 unspecified atom stereocenters. The first-order valence-corrected chi connectivity index (χ1v) is 4.82. The number of pyridine rings is 1. The van der Waals surface area contributed by atoms with E-state index in [1.54, 1.807) is 6.20 Å². The number of carbonyl (C=O) groups excluding carboxylic acids is 1. The number of rotatable bonds is 2. The quantitative estimate of drug-likeness (QED) is 0.767. The van der Waals surface area contributed by atoms with Crippen molar-refractivity contribution in [3.05, 3.63) is 23.4 Å². The second-order valence-electron chi connectivity index (χ2n) is 3.29. The van der Waals surface area contributed by atoms with Crippen LogP contribution in [0.15, 0.2) is 12.3 Å². The molecule has 2 rings (SSSR count). The Hall–Kier alpha value is -1.62. The predicted octanol–water partition coefficient (Wildman–Crippen LogP) is 1.24. The molecule has 0 aromatic carbocycles. The van der Waals surface area contributed by atoms with Crippen molar-refractivity contribution < 1.29 is 14.6 Å². The fraction of sp³-hybridized carbons (Fsp3) is 0.400. The Morgan fingerprint density at radius 1 is 1.67 bits per heavy atom. The first kappa shape index (κ1) is 9.92. The van der Waals surface area contributed by atoms with Crippen LogP contribution in [0.4, 0.5) is 10.6 Å². The topological polar surface area (TPSA) is 71.5 Å². The van der Waals surface area contributed by atoms with Crippen LogP contribution < -0.4 is 5.32 Å². The van der Waals surface area contributed by atoms with Crippen molar-refractivity contribution in [3.63, 3.8) is 0 Å². The summed E-state index contributed by atoms with van der Waals surface area (Å²) in [7, 11) is 0. The molecule has 1 aliphatic heterocycles. The van der Waals surface area contributed by atoms with Crippen LogP contribution in [-0.2, 0) is 11.2 Å². The Labute approximate surface area is 87.1 Å². The Bertz CT molecular complexity index is 392. The summed E-state index contributed by atoms with van der Waals surface area (Å²) in [6, 6.07) is 1.86. The molecule has 2 N–H and O–H groups in total. The molecule has 80 valence electrons. The Kier molecular flexibility index (Phi) is 2.55. The van der Waals surface area contributed by atoms with Gasteiger partial charge in [0.05, 0.1) is 6.61 Å². The van der Waals surface area contributed by atoms with Crippen LogP contribution >= 0.6 is 0 Å². The summed E-state index contributed by atoms with van der Waals surface area (Å²) in [6.07, 6.45) is 1.28. The molecule has 0 spiro atoms. The number of fused-ring (bicyclic) bond motifs is 1. The van der Waals surface area contributed by atoms with E-state index in [0.717, 1.165) is 17.5 Å². The molecule has 5 heteroatoms. The van der Waals surface area contributed by atoms with Crippen LogP contribution in [0.1, 0.15) is 24.2 Å². The van der Waals surface area contributed by atoms with Crippen LogP contribution in [0.2, 0.25) is 0 Å². The smallest absolute Gasteiger partial charge is 0.413 e. The van der Waals surface area contributed by atoms with Gasteiger partial charge >= 0.3 is 6.09 Å². The van der Waals surface area contributed by atoms with Crippen molar-refractivity contribution in [2.24, 2.45) is 0 Å². The minimum atomic E-state index is -0.600. The molecular formula is C10H12N2O3. The molecule has 1 aromatic rings. The van der Waals surface area contributed by atoms with Gasteiger partial charge in [0.15, 0.2) is 6.10 Å². The molecule has 15 heavy (non-hydrogen) atoms. The Balaban J connectivity index is 2.51. The summed E-state index contributed by atoms with van der Waals surface area (Å²) < 4.78 is 4.96. The maximum atomic E-state index is 11.1. The largest absolute Gasteiger partial charge is 0.438 e. The summed E-state index contributed by atoms with van der Waals surface area (Å²) in [5, 5.41) is 11.7. The summed E-state index contributed by atoms with van der Waals surface area (Å²) in [6.45, 7) is 1.78. The number of cyclic esters (lactones) is 1. The van der Waals surface area contributed by atoms with Crippen LogP contribution in [0.3, 0.4) is 0 Å². The minimum absolute atomic E-state index is 0.223. The highest BCUT2D eigenvalue weighted by atomic mass is 16.6. The molecular weight excluding hydrogens is 196 g/mol. The van der Waals surface area contributed by atoms with Gasteiger partial charge in [-0.1, -0.05) is 6.92 Å². The Morgan fingerprint density at radius 3 is 3.13 bits per heavy atom. The summed E-state index contributed by atoms with van der Waals surface area (Å²) in [5.74, 6) is 0.490. The summed E-state index contributed by atoms with van der Waals surface area (Å²) >= 11 is 0. The number of aromatic nitrogens is 1. The molecule has 1 atom stereocenters. The van der Waals surface area contributed by atoms with E-state index in [9.17, 15) is 4.79 Å². The second kappa shape index (κ2) is 3.86. The molecule has 1 aromatic heterocycles. The average Bonchev–Trinajstić information content (AvgIpc) is 2.26. The average molecular weight is 208 g/mol. The van der Waals surface area contributed by atoms with Gasteiger partial charge < -0.3 is 9.84 Å². The Morgan fingerprint density at radius 2 is 2.47 bits per heavy atom. The molecule has 0 bridgehead atoms. The lowest BCUT2D eigenvalue weighted by atomic mass is 10.0. The van der Waals surface area contributed by atoms with Gasteiger partial charge in [0, 0.05) is 11.8 Å². The van der Waals surface area contributed by atoms with Crippen LogP contribution in [-0.4, -0.2) is 22.8 Å². The highest BCUT2D eigenvalue weighted by Crippen LogP contribution is 2.31. The monoisotopic (exact) mass is 208 g/mol. The van der Waals surface area contributed by atoms with Crippen LogP contribution in [0.25, 0.3) is 0 Å². The highest BCUT2D eigenvalue weighted by Gasteiger charge is 2.28. The van der Waals surface area contributed by atoms with Crippen molar-refractivity contribution in [2.45, 2.75) is 19.4 Å². The van der Waals surface area contributed by atoms with E-state index in [-0.39, 0.29) is 6.61 Å². The number of aryl methyl sites for hydroxylation is 1. The standard InChI is InChI=1S/C10H12N2O3/c1-2-6-3-4-11-9-8(6)7(5-13)15-10(14)12-9/h3-4,7,13H,2,5H2,1H3,(H,11,12,14). The summed E-state index contributed by atoms with van der Waals surface area (Å²) in [5.41, 5.74) is 1.81. The van der Waals surface area contributed by atoms with E-state index in [4.69, 9.17) is 9.84 Å². The zero-order chi connectivity index (χ0) is 10.8. The van der Waals surface area contributed by atoms with E-state index in [0.29, 0.717) is 5.82 Å². The molecule has 0 saturated carbocycles. The third-order valence-corrected chi connectivity index (χ3v) is 2.42. The van der Waals surface area contributed by atoms with Gasteiger partial charge in [-0.15, -0.1) is 0 Å².